The van der Waals surface area contributed by atoms with Crippen LogP contribution in [0.3, 0.4) is 0 Å². The minimum absolute atomic E-state index is 0.0106. The van der Waals surface area contributed by atoms with Gasteiger partial charge in [-0.05, 0) is 25.7 Å². The van der Waals surface area contributed by atoms with Crippen molar-refractivity contribution in [2.24, 2.45) is 11.8 Å². The first kappa shape index (κ1) is 14.3. The summed E-state index contributed by atoms with van der Waals surface area (Å²) in [5, 5.41) is 12.2. The summed E-state index contributed by atoms with van der Waals surface area (Å²) in [4.78, 5) is 25.9. The number of carbonyl (C=O) groups is 2. The van der Waals surface area contributed by atoms with Gasteiger partial charge in [-0.3, -0.25) is 9.59 Å². The van der Waals surface area contributed by atoms with Crippen LogP contribution in [0.4, 0.5) is 0 Å². The van der Waals surface area contributed by atoms with Gasteiger partial charge in [0.25, 0.3) is 0 Å². The van der Waals surface area contributed by atoms with Crippen molar-refractivity contribution in [3.8, 4) is 0 Å². The summed E-state index contributed by atoms with van der Waals surface area (Å²) in [6, 6.07) is 0.124. The van der Waals surface area contributed by atoms with Crippen LogP contribution in [-0.2, 0) is 9.59 Å². The summed E-state index contributed by atoms with van der Waals surface area (Å²) in [5.74, 6) is 0.0764. The lowest BCUT2D eigenvalue weighted by Gasteiger charge is -2.36. The Morgan fingerprint density at radius 2 is 2.00 bits per heavy atom. The highest BCUT2D eigenvalue weighted by Crippen LogP contribution is 2.22. The number of likely N-dealkylation sites (tertiary alicyclic amines) is 1. The molecule has 2 fully saturated rings. The monoisotopic (exact) mass is 268 g/mol. The fraction of sp³-hybridized carbons (Fsp3) is 0.857. The van der Waals surface area contributed by atoms with Crippen LogP contribution in [0, 0.1) is 11.8 Å². The third kappa shape index (κ3) is 3.47. The van der Waals surface area contributed by atoms with Gasteiger partial charge in [-0.15, -0.1) is 0 Å². The van der Waals surface area contributed by atoms with Crippen molar-refractivity contribution in [1.82, 2.24) is 10.2 Å². The van der Waals surface area contributed by atoms with Crippen LogP contribution in [0.15, 0.2) is 0 Å². The Labute approximate surface area is 114 Å². The SMILES string of the molecule is CC(C)C(=O)N1CCCC(C(=O)NC2CC(O)C2)C1. The lowest BCUT2D eigenvalue weighted by molar-refractivity contribution is -0.138. The van der Waals surface area contributed by atoms with E-state index in [1.807, 2.05) is 18.7 Å². The van der Waals surface area contributed by atoms with Gasteiger partial charge in [-0.1, -0.05) is 13.8 Å². The van der Waals surface area contributed by atoms with Gasteiger partial charge in [0.2, 0.25) is 11.8 Å². The summed E-state index contributed by atoms with van der Waals surface area (Å²) in [6.45, 7) is 5.09. The van der Waals surface area contributed by atoms with E-state index in [0.717, 1.165) is 19.4 Å². The van der Waals surface area contributed by atoms with Gasteiger partial charge in [0.05, 0.1) is 12.0 Å². The minimum Gasteiger partial charge on any atom is -0.393 e. The van der Waals surface area contributed by atoms with Crippen molar-refractivity contribution < 1.29 is 14.7 Å². The van der Waals surface area contributed by atoms with E-state index in [9.17, 15) is 14.7 Å². The second kappa shape index (κ2) is 5.90. The second-order valence-corrected chi connectivity index (χ2v) is 6.11. The highest BCUT2D eigenvalue weighted by molar-refractivity contribution is 5.82. The van der Waals surface area contributed by atoms with E-state index in [2.05, 4.69) is 5.32 Å². The molecule has 2 N–H and O–H groups in total. The number of nitrogens with one attached hydrogen (secondary N) is 1. The van der Waals surface area contributed by atoms with E-state index in [1.54, 1.807) is 0 Å². The van der Waals surface area contributed by atoms with Crippen LogP contribution in [0.25, 0.3) is 0 Å². The number of hydrogen-bond donors (Lipinski definition) is 2. The summed E-state index contributed by atoms with van der Waals surface area (Å²) < 4.78 is 0. The number of carbonyl (C=O) groups excluding carboxylic acids is 2. The van der Waals surface area contributed by atoms with Crippen LogP contribution in [0.5, 0.6) is 0 Å². The normalized spacial score (nSPS) is 30.9. The molecular formula is C14H24N2O3. The lowest BCUT2D eigenvalue weighted by Crippen LogP contribution is -2.52. The second-order valence-electron chi connectivity index (χ2n) is 6.11. The Kier molecular flexibility index (Phi) is 4.45. The van der Waals surface area contributed by atoms with Gasteiger partial charge in [0.1, 0.15) is 0 Å². The number of nitrogens with zero attached hydrogens (tertiary/aromatic N) is 1. The van der Waals surface area contributed by atoms with E-state index in [0.29, 0.717) is 19.4 Å². The molecule has 108 valence electrons. The zero-order valence-corrected chi connectivity index (χ0v) is 11.8. The number of aliphatic hydroxyl groups excluding tert-OH is 1. The minimum atomic E-state index is -0.254. The molecule has 19 heavy (non-hydrogen) atoms. The lowest BCUT2D eigenvalue weighted by atomic mass is 9.88. The quantitative estimate of drug-likeness (QED) is 0.784. The third-order valence-corrected chi connectivity index (χ3v) is 4.06. The summed E-state index contributed by atoms with van der Waals surface area (Å²) in [5.41, 5.74) is 0. The highest BCUT2D eigenvalue weighted by Gasteiger charge is 2.33. The van der Waals surface area contributed by atoms with Gasteiger partial charge >= 0.3 is 0 Å². The fourth-order valence-corrected chi connectivity index (χ4v) is 2.78. The Balaban J connectivity index is 1.83. The predicted molar refractivity (Wildman–Crippen MR) is 71.3 cm³/mol. The van der Waals surface area contributed by atoms with Crippen molar-refractivity contribution >= 4 is 11.8 Å². The molecule has 1 heterocycles. The maximum absolute atomic E-state index is 12.1. The van der Waals surface area contributed by atoms with Crippen molar-refractivity contribution in [1.29, 1.82) is 0 Å². The smallest absolute Gasteiger partial charge is 0.225 e. The number of hydrogen-bond acceptors (Lipinski definition) is 3. The van der Waals surface area contributed by atoms with Crippen molar-refractivity contribution in [2.75, 3.05) is 13.1 Å². The molecule has 0 spiro atoms. The summed E-state index contributed by atoms with van der Waals surface area (Å²) in [7, 11) is 0. The van der Waals surface area contributed by atoms with Gasteiger partial charge in [0, 0.05) is 25.0 Å². The molecular weight excluding hydrogens is 244 g/mol. The Bertz CT molecular complexity index is 351. The summed E-state index contributed by atoms with van der Waals surface area (Å²) >= 11 is 0. The largest absolute Gasteiger partial charge is 0.393 e. The number of amides is 2. The Hall–Kier alpha value is -1.10. The van der Waals surface area contributed by atoms with E-state index >= 15 is 0 Å². The fourth-order valence-electron chi connectivity index (χ4n) is 2.78. The van der Waals surface area contributed by atoms with E-state index in [4.69, 9.17) is 0 Å². The van der Waals surface area contributed by atoms with Crippen LogP contribution >= 0.6 is 0 Å². The van der Waals surface area contributed by atoms with Crippen molar-refractivity contribution in [3.63, 3.8) is 0 Å². The van der Waals surface area contributed by atoms with Crippen LogP contribution in [0.2, 0.25) is 0 Å². The molecule has 1 unspecified atom stereocenters. The van der Waals surface area contributed by atoms with E-state index in [1.165, 1.54) is 0 Å². The number of piperidine rings is 1. The third-order valence-electron chi connectivity index (χ3n) is 4.06. The molecule has 1 aliphatic carbocycles. The summed E-state index contributed by atoms with van der Waals surface area (Å²) in [6.07, 6.45) is 2.81. The Morgan fingerprint density at radius 1 is 1.32 bits per heavy atom. The average Bonchev–Trinajstić information content (AvgIpc) is 2.36. The Morgan fingerprint density at radius 3 is 2.58 bits per heavy atom. The molecule has 1 saturated carbocycles. The molecule has 0 aromatic heterocycles. The first-order chi connectivity index (χ1) is 8.97. The molecule has 0 aromatic rings. The first-order valence-electron chi connectivity index (χ1n) is 7.24. The highest BCUT2D eigenvalue weighted by atomic mass is 16.3. The predicted octanol–water partition coefficient (Wildman–Crippen LogP) is 0.520. The van der Waals surface area contributed by atoms with Gasteiger partial charge in [0.15, 0.2) is 0 Å². The first-order valence-corrected chi connectivity index (χ1v) is 7.24. The molecule has 0 bridgehead atoms. The molecule has 1 saturated heterocycles. The van der Waals surface area contributed by atoms with E-state index in [-0.39, 0.29) is 35.8 Å². The molecule has 2 aliphatic rings. The van der Waals surface area contributed by atoms with Gasteiger partial charge < -0.3 is 15.3 Å². The number of rotatable bonds is 3. The van der Waals surface area contributed by atoms with Crippen LogP contribution < -0.4 is 5.32 Å². The molecule has 1 aliphatic heterocycles. The molecule has 5 nitrogen and oxygen atoms in total. The molecule has 2 rings (SSSR count). The van der Waals surface area contributed by atoms with Gasteiger partial charge in [-0.25, -0.2) is 0 Å². The van der Waals surface area contributed by atoms with Gasteiger partial charge in [-0.2, -0.15) is 0 Å². The maximum atomic E-state index is 12.1. The van der Waals surface area contributed by atoms with Crippen molar-refractivity contribution in [3.05, 3.63) is 0 Å². The molecule has 0 aromatic carbocycles. The molecule has 5 heteroatoms. The zero-order chi connectivity index (χ0) is 14.0. The zero-order valence-electron chi connectivity index (χ0n) is 11.8. The molecule has 2 amide bonds. The van der Waals surface area contributed by atoms with Crippen LogP contribution in [-0.4, -0.2) is 47.1 Å². The standard InChI is InChI=1S/C14H24N2O3/c1-9(2)14(19)16-5-3-4-10(8-16)13(18)15-11-6-12(17)7-11/h9-12,17H,3-8H2,1-2H3,(H,15,18). The average molecular weight is 268 g/mol. The maximum Gasteiger partial charge on any atom is 0.225 e. The van der Waals surface area contributed by atoms with E-state index < -0.39 is 0 Å². The topological polar surface area (TPSA) is 69.6 Å². The molecule has 0 radical (unpaired) electrons. The number of aliphatic hydroxyl groups is 1. The van der Waals surface area contributed by atoms with Crippen LogP contribution in [0.1, 0.15) is 39.5 Å². The molecule has 1 atom stereocenters. The van der Waals surface area contributed by atoms with Crippen molar-refractivity contribution in [2.45, 2.75) is 51.7 Å².